The number of hydrogen-bond donors (Lipinski definition) is 2. The van der Waals surface area contributed by atoms with Gasteiger partial charge >= 0.3 is 0 Å². The average molecular weight is 375 g/mol. The van der Waals surface area contributed by atoms with Gasteiger partial charge in [0.05, 0.1) is 16.2 Å². The molecule has 7 heteroatoms. The number of nitrogens with zero attached hydrogens (tertiary/aromatic N) is 2. The van der Waals surface area contributed by atoms with Crippen LogP contribution in [0.4, 0.5) is 5.69 Å². The maximum absolute atomic E-state index is 12.5. The van der Waals surface area contributed by atoms with Crippen LogP contribution in [0.3, 0.4) is 0 Å². The van der Waals surface area contributed by atoms with Crippen molar-refractivity contribution in [1.82, 2.24) is 4.98 Å². The molecule has 0 bridgehead atoms. The van der Waals surface area contributed by atoms with Crippen LogP contribution < -0.4 is 11.5 Å². The minimum atomic E-state index is -0.355. The number of nitrogen functional groups attached to an aromatic ring is 1. The highest BCUT2D eigenvalue weighted by Crippen LogP contribution is 2.35. The van der Waals surface area contributed by atoms with Crippen molar-refractivity contribution >= 4 is 40.0 Å². The van der Waals surface area contributed by atoms with E-state index in [-0.39, 0.29) is 23.4 Å². The molecule has 0 fully saturated rings. The number of halogens is 1. The summed E-state index contributed by atoms with van der Waals surface area (Å²) in [5.74, 6) is 0.791. The SMILES string of the molecule is CC1(c2cccc(CC(=O)c3ncc(Cl)cc3N)c2)CCSC(N)=N1. The molecule has 1 aromatic heterocycles. The number of Topliss-reactive ketones (excluding diaryl/α,β-unsaturated/α-hetero) is 1. The number of carbonyl (C=O) groups excluding carboxylic acids is 1. The Balaban J connectivity index is 1.85. The highest BCUT2D eigenvalue weighted by Gasteiger charge is 2.29. The summed E-state index contributed by atoms with van der Waals surface area (Å²) in [6.45, 7) is 2.07. The zero-order valence-electron chi connectivity index (χ0n) is 13.8. The van der Waals surface area contributed by atoms with E-state index in [2.05, 4.69) is 16.9 Å². The molecule has 5 nitrogen and oxygen atoms in total. The molecule has 0 radical (unpaired) electrons. The molecule has 3 rings (SSSR count). The number of rotatable bonds is 4. The number of hydrogen-bond acceptors (Lipinski definition) is 6. The molecule has 0 saturated carbocycles. The number of thioether (sulfide) groups is 1. The summed E-state index contributed by atoms with van der Waals surface area (Å²) in [7, 11) is 0. The number of benzene rings is 1. The molecule has 25 heavy (non-hydrogen) atoms. The van der Waals surface area contributed by atoms with Gasteiger partial charge in [0.1, 0.15) is 5.69 Å². The van der Waals surface area contributed by atoms with Crippen LogP contribution in [-0.2, 0) is 12.0 Å². The van der Waals surface area contributed by atoms with E-state index in [0.717, 1.165) is 23.3 Å². The summed E-state index contributed by atoms with van der Waals surface area (Å²) in [6, 6.07) is 9.43. The van der Waals surface area contributed by atoms with Gasteiger partial charge in [-0.1, -0.05) is 47.6 Å². The second-order valence-electron chi connectivity index (χ2n) is 6.21. The number of pyridine rings is 1. The maximum Gasteiger partial charge on any atom is 0.187 e. The van der Waals surface area contributed by atoms with Crippen molar-refractivity contribution in [1.29, 1.82) is 0 Å². The predicted octanol–water partition coefficient (Wildman–Crippen LogP) is 3.41. The van der Waals surface area contributed by atoms with Gasteiger partial charge in [0.2, 0.25) is 0 Å². The van der Waals surface area contributed by atoms with Crippen LogP contribution >= 0.6 is 23.4 Å². The summed E-state index contributed by atoms with van der Waals surface area (Å²) >= 11 is 7.41. The van der Waals surface area contributed by atoms with E-state index in [4.69, 9.17) is 23.1 Å². The first-order chi connectivity index (χ1) is 11.9. The second-order valence-corrected chi connectivity index (χ2v) is 7.77. The smallest absolute Gasteiger partial charge is 0.187 e. The Hall–Kier alpha value is -2.05. The molecule has 0 spiro atoms. The lowest BCUT2D eigenvalue weighted by Gasteiger charge is -2.30. The molecule has 1 aromatic carbocycles. The first kappa shape index (κ1) is 17.8. The fourth-order valence-electron chi connectivity index (χ4n) is 2.87. The third-order valence-corrected chi connectivity index (χ3v) is 5.26. The number of amidine groups is 1. The van der Waals surface area contributed by atoms with E-state index in [1.807, 2.05) is 24.3 Å². The zero-order chi connectivity index (χ0) is 18.0. The average Bonchev–Trinajstić information content (AvgIpc) is 2.54. The minimum absolute atomic E-state index is 0.140. The van der Waals surface area contributed by atoms with Gasteiger partial charge in [-0.15, -0.1) is 0 Å². The molecule has 130 valence electrons. The van der Waals surface area contributed by atoms with Crippen molar-refractivity contribution in [2.75, 3.05) is 11.5 Å². The van der Waals surface area contributed by atoms with Crippen LogP contribution in [0.25, 0.3) is 0 Å². The van der Waals surface area contributed by atoms with Gasteiger partial charge in [-0.25, -0.2) is 4.98 Å². The molecule has 4 N–H and O–H groups in total. The maximum atomic E-state index is 12.5. The molecular formula is C18H19ClN4OS. The lowest BCUT2D eigenvalue weighted by Crippen LogP contribution is -2.28. The fraction of sp³-hybridized carbons (Fsp3) is 0.278. The molecule has 0 saturated heterocycles. The number of anilines is 1. The Labute approximate surface area is 155 Å². The number of ketones is 1. The van der Waals surface area contributed by atoms with Crippen molar-refractivity contribution < 1.29 is 4.79 Å². The zero-order valence-corrected chi connectivity index (χ0v) is 15.4. The third kappa shape index (κ3) is 3.96. The Morgan fingerprint density at radius 3 is 2.88 bits per heavy atom. The van der Waals surface area contributed by atoms with Crippen molar-refractivity contribution in [2.45, 2.75) is 25.3 Å². The van der Waals surface area contributed by atoms with Gasteiger partial charge in [0, 0.05) is 18.4 Å². The number of aliphatic imine (C=N–C) groups is 1. The predicted molar refractivity (Wildman–Crippen MR) is 104 cm³/mol. The van der Waals surface area contributed by atoms with Crippen LogP contribution in [0, 0.1) is 0 Å². The summed E-state index contributed by atoms with van der Waals surface area (Å²) in [5, 5.41) is 1.02. The summed E-state index contributed by atoms with van der Waals surface area (Å²) < 4.78 is 0. The van der Waals surface area contributed by atoms with Crippen molar-refractivity contribution in [3.63, 3.8) is 0 Å². The van der Waals surface area contributed by atoms with E-state index in [9.17, 15) is 4.79 Å². The Kier molecular flexibility index (Phi) is 5.01. The number of nitrogens with two attached hydrogens (primary N) is 2. The quantitative estimate of drug-likeness (QED) is 0.799. The van der Waals surface area contributed by atoms with E-state index >= 15 is 0 Å². The van der Waals surface area contributed by atoms with Gasteiger partial charge in [-0.05, 0) is 30.5 Å². The van der Waals surface area contributed by atoms with E-state index in [0.29, 0.717) is 15.9 Å². The molecule has 2 heterocycles. The summed E-state index contributed by atoms with van der Waals surface area (Å²) in [5.41, 5.74) is 13.9. The number of carbonyl (C=O) groups is 1. The van der Waals surface area contributed by atoms with E-state index in [1.165, 1.54) is 12.3 Å². The van der Waals surface area contributed by atoms with Gasteiger partial charge < -0.3 is 11.5 Å². The highest BCUT2D eigenvalue weighted by molar-refractivity contribution is 8.13. The molecule has 1 aliphatic rings. The lowest BCUT2D eigenvalue weighted by atomic mass is 9.88. The van der Waals surface area contributed by atoms with Crippen molar-refractivity contribution in [3.8, 4) is 0 Å². The van der Waals surface area contributed by atoms with Crippen LogP contribution in [0.1, 0.15) is 35.0 Å². The monoisotopic (exact) mass is 374 g/mol. The van der Waals surface area contributed by atoms with Gasteiger partial charge in [-0.2, -0.15) is 0 Å². The Morgan fingerprint density at radius 1 is 1.36 bits per heavy atom. The third-order valence-electron chi connectivity index (χ3n) is 4.26. The van der Waals surface area contributed by atoms with Crippen LogP contribution in [-0.4, -0.2) is 21.7 Å². The molecular weight excluding hydrogens is 356 g/mol. The summed E-state index contributed by atoms with van der Waals surface area (Å²) in [6.07, 6.45) is 2.55. The molecule has 2 aromatic rings. The standard InChI is InChI=1S/C18H19ClN4OS/c1-18(5-6-25-17(21)23-18)12-4-2-3-11(7-12)8-15(24)16-14(20)9-13(19)10-22-16/h2-4,7,9-10H,5-6,8,20H2,1H3,(H2,21,23). The van der Waals surface area contributed by atoms with E-state index < -0.39 is 0 Å². The van der Waals surface area contributed by atoms with Crippen LogP contribution in [0.15, 0.2) is 41.5 Å². The first-order valence-corrected chi connectivity index (χ1v) is 9.25. The fourth-order valence-corrected chi connectivity index (χ4v) is 4.01. The molecule has 0 aliphatic carbocycles. The van der Waals surface area contributed by atoms with Gasteiger partial charge in [0.15, 0.2) is 11.0 Å². The minimum Gasteiger partial charge on any atom is -0.397 e. The topological polar surface area (TPSA) is 94.4 Å². The lowest BCUT2D eigenvalue weighted by molar-refractivity contribution is 0.0989. The molecule has 1 atom stereocenters. The molecule has 1 aliphatic heterocycles. The van der Waals surface area contributed by atoms with Crippen LogP contribution in [0.2, 0.25) is 5.02 Å². The summed E-state index contributed by atoms with van der Waals surface area (Å²) in [4.78, 5) is 21.2. The van der Waals surface area contributed by atoms with Crippen molar-refractivity contribution in [2.24, 2.45) is 10.7 Å². The molecule has 1 unspecified atom stereocenters. The number of aromatic nitrogens is 1. The largest absolute Gasteiger partial charge is 0.397 e. The van der Waals surface area contributed by atoms with E-state index in [1.54, 1.807) is 11.8 Å². The Bertz CT molecular complexity index is 855. The first-order valence-electron chi connectivity index (χ1n) is 7.89. The van der Waals surface area contributed by atoms with Gasteiger partial charge in [-0.3, -0.25) is 9.79 Å². The van der Waals surface area contributed by atoms with Crippen LogP contribution in [0.5, 0.6) is 0 Å². The Morgan fingerprint density at radius 2 is 2.16 bits per heavy atom. The van der Waals surface area contributed by atoms with Gasteiger partial charge in [0.25, 0.3) is 0 Å². The molecule has 0 amide bonds. The van der Waals surface area contributed by atoms with Crippen molar-refractivity contribution in [3.05, 3.63) is 58.4 Å². The highest BCUT2D eigenvalue weighted by atomic mass is 35.5. The second kappa shape index (κ2) is 7.06. The normalized spacial score (nSPS) is 20.2.